The Morgan fingerprint density at radius 3 is 2.51 bits per heavy atom. The van der Waals surface area contributed by atoms with Crippen molar-refractivity contribution < 1.29 is 41.0 Å². The summed E-state index contributed by atoms with van der Waals surface area (Å²) < 4.78 is 81.8. The number of benzene rings is 1. The van der Waals surface area contributed by atoms with Crippen molar-refractivity contribution in [3.8, 4) is 11.6 Å². The van der Waals surface area contributed by atoms with Gasteiger partial charge in [-0.3, -0.25) is 8.99 Å². The van der Waals surface area contributed by atoms with E-state index in [4.69, 9.17) is 9.47 Å². The lowest BCUT2D eigenvalue weighted by Gasteiger charge is -2.42. The zero-order valence-electron chi connectivity index (χ0n) is 19.8. The van der Waals surface area contributed by atoms with E-state index >= 15 is 0 Å². The summed E-state index contributed by atoms with van der Waals surface area (Å²) in [7, 11) is -4.34. The number of nitrogens with zero attached hydrogens (tertiary/aromatic N) is 4. The predicted molar refractivity (Wildman–Crippen MR) is 118 cm³/mol. The Morgan fingerprint density at radius 1 is 1.31 bits per heavy atom. The number of aryl methyl sites for hydroxylation is 1. The number of hydrogen-bond acceptors (Lipinski definition) is 7. The SMILES string of the molecule is CCOc1nn(CC)cc1S(=O)(=O)N1C[C@H](C)Oc2ccc(N(C(=O)[O-])C(C)(C)C(F)(F)F)cc21. The molecule has 0 spiro atoms. The highest BCUT2D eigenvalue weighted by Crippen LogP contribution is 2.44. The van der Waals surface area contributed by atoms with Gasteiger partial charge in [-0.05, 0) is 52.8 Å². The minimum atomic E-state index is -4.94. The molecule has 1 atom stereocenters. The number of alkyl halides is 3. The van der Waals surface area contributed by atoms with E-state index in [0.29, 0.717) is 20.4 Å². The normalized spacial score (nSPS) is 16.5. The van der Waals surface area contributed by atoms with E-state index in [1.807, 2.05) is 0 Å². The Hall–Kier alpha value is -3.16. The Labute approximate surface area is 200 Å². The largest absolute Gasteiger partial charge is 0.530 e. The van der Waals surface area contributed by atoms with E-state index in [9.17, 15) is 31.5 Å². The molecule has 10 nitrogen and oxygen atoms in total. The van der Waals surface area contributed by atoms with E-state index in [0.717, 1.165) is 16.4 Å². The highest BCUT2D eigenvalue weighted by atomic mass is 32.2. The van der Waals surface area contributed by atoms with Gasteiger partial charge in [-0.2, -0.15) is 13.2 Å². The standard InChI is InChI=1S/C21H27F3N4O6S/c1-6-26-12-17(18(25-26)33-7-2)35(31,32)27-11-13(3)34-16-9-8-14(10-15(16)27)28(19(29)30)20(4,5)21(22,23)24/h8-10,12-13H,6-7,11H2,1-5H3,(H,29,30)/p-1/t13-/m0/s1. The van der Waals surface area contributed by atoms with E-state index in [1.54, 1.807) is 20.8 Å². The molecule has 2 heterocycles. The molecule has 0 aliphatic carbocycles. The van der Waals surface area contributed by atoms with Crippen molar-refractivity contribution in [3.05, 3.63) is 24.4 Å². The highest BCUT2D eigenvalue weighted by molar-refractivity contribution is 7.93. The van der Waals surface area contributed by atoms with E-state index in [-0.39, 0.29) is 40.3 Å². The number of aromatic nitrogens is 2. The molecule has 3 rings (SSSR count). The molecule has 0 unspecified atom stereocenters. The fourth-order valence-electron chi connectivity index (χ4n) is 3.62. The van der Waals surface area contributed by atoms with Crippen LogP contribution in [0.1, 0.15) is 34.6 Å². The fraction of sp³-hybridized carbons (Fsp3) is 0.524. The lowest BCUT2D eigenvalue weighted by Crippen LogP contribution is -2.60. The average molecular weight is 520 g/mol. The van der Waals surface area contributed by atoms with Gasteiger partial charge in [-0.15, -0.1) is 5.10 Å². The molecule has 1 aromatic carbocycles. The summed E-state index contributed by atoms with van der Waals surface area (Å²) >= 11 is 0. The number of carbonyl (C=O) groups excluding carboxylic acids is 1. The first-order valence-electron chi connectivity index (χ1n) is 10.8. The maximum absolute atomic E-state index is 13.7. The van der Waals surface area contributed by atoms with Crippen molar-refractivity contribution in [2.45, 2.75) is 63.9 Å². The maximum atomic E-state index is 13.7. The second-order valence-electron chi connectivity index (χ2n) is 8.36. The van der Waals surface area contributed by atoms with Crippen LogP contribution in [-0.4, -0.2) is 55.3 Å². The van der Waals surface area contributed by atoms with Crippen LogP contribution in [0.2, 0.25) is 0 Å². The first-order chi connectivity index (χ1) is 16.1. The molecular formula is C21H26F3N4O6S-. The first-order valence-corrected chi connectivity index (χ1v) is 12.2. The van der Waals surface area contributed by atoms with Gasteiger partial charge < -0.3 is 24.3 Å². The molecule has 0 saturated heterocycles. The Balaban J connectivity index is 2.19. The van der Waals surface area contributed by atoms with Gasteiger partial charge in [0, 0.05) is 18.4 Å². The minimum absolute atomic E-state index is 0.0385. The summed E-state index contributed by atoms with van der Waals surface area (Å²) in [5.74, 6) is -0.0687. The Kier molecular flexibility index (Phi) is 6.90. The van der Waals surface area contributed by atoms with Crippen molar-refractivity contribution >= 4 is 27.5 Å². The molecule has 14 heteroatoms. The van der Waals surface area contributed by atoms with Crippen LogP contribution in [0, 0.1) is 0 Å². The number of hydrogen-bond donors (Lipinski definition) is 0. The quantitative estimate of drug-likeness (QED) is 0.552. The highest BCUT2D eigenvalue weighted by Gasteiger charge is 2.52. The van der Waals surface area contributed by atoms with Crippen molar-refractivity contribution in [3.63, 3.8) is 0 Å². The number of fused-ring (bicyclic) bond motifs is 1. The molecule has 0 bridgehead atoms. The monoisotopic (exact) mass is 519 g/mol. The summed E-state index contributed by atoms with van der Waals surface area (Å²) in [6.45, 7) is 6.74. The Morgan fingerprint density at radius 2 is 1.97 bits per heavy atom. The minimum Gasteiger partial charge on any atom is -0.530 e. The van der Waals surface area contributed by atoms with Crippen LogP contribution in [0.5, 0.6) is 11.6 Å². The number of sulfonamides is 1. The summed E-state index contributed by atoms with van der Waals surface area (Å²) in [5, 5.41) is 15.9. The third-order valence-electron chi connectivity index (χ3n) is 5.53. The topological polar surface area (TPSA) is 117 Å². The van der Waals surface area contributed by atoms with Crippen LogP contribution in [-0.2, 0) is 16.6 Å². The van der Waals surface area contributed by atoms with Crippen molar-refractivity contribution in [2.24, 2.45) is 0 Å². The van der Waals surface area contributed by atoms with Gasteiger partial charge in [0.25, 0.3) is 15.9 Å². The number of rotatable bonds is 7. The molecule has 194 valence electrons. The van der Waals surface area contributed by atoms with Gasteiger partial charge >= 0.3 is 6.18 Å². The van der Waals surface area contributed by atoms with Gasteiger partial charge in [0.1, 0.15) is 23.5 Å². The second-order valence-corrected chi connectivity index (χ2v) is 10.2. The maximum Gasteiger partial charge on any atom is 0.411 e. The molecule has 0 radical (unpaired) electrons. The van der Waals surface area contributed by atoms with Gasteiger partial charge in [-0.1, -0.05) is 0 Å². The molecule has 0 saturated carbocycles. The third kappa shape index (κ3) is 4.70. The number of anilines is 2. The molecular weight excluding hydrogens is 493 g/mol. The van der Waals surface area contributed by atoms with Gasteiger partial charge in [-0.25, -0.2) is 8.42 Å². The van der Waals surface area contributed by atoms with Crippen molar-refractivity contribution in [1.82, 2.24) is 9.78 Å². The number of amides is 1. The lowest BCUT2D eigenvalue weighted by molar-refractivity contribution is -0.254. The number of carboxylic acid groups (broad SMARTS) is 1. The van der Waals surface area contributed by atoms with Crippen molar-refractivity contribution in [2.75, 3.05) is 22.4 Å². The van der Waals surface area contributed by atoms with Crippen LogP contribution < -0.4 is 23.8 Å². The summed E-state index contributed by atoms with van der Waals surface area (Å²) in [5.41, 5.74) is -3.42. The zero-order chi connectivity index (χ0) is 26.3. The van der Waals surface area contributed by atoms with Gasteiger partial charge in [0.05, 0.1) is 18.8 Å². The second kappa shape index (κ2) is 9.13. The summed E-state index contributed by atoms with van der Waals surface area (Å²) in [6.07, 6.45) is -6.36. The van der Waals surface area contributed by atoms with Crippen LogP contribution in [0.3, 0.4) is 0 Å². The molecule has 35 heavy (non-hydrogen) atoms. The van der Waals surface area contributed by atoms with Gasteiger partial charge in [0.15, 0.2) is 4.90 Å². The van der Waals surface area contributed by atoms with Crippen LogP contribution in [0.15, 0.2) is 29.3 Å². The predicted octanol–water partition coefficient (Wildman–Crippen LogP) is 2.77. The van der Waals surface area contributed by atoms with Crippen LogP contribution >= 0.6 is 0 Å². The fourth-order valence-corrected chi connectivity index (χ4v) is 5.24. The molecule has 2 aromatic rings. The molecule has 1 aromatic heterocycles. The van der Waals surface area contributed by atoms with Gasteiger partial charge in [0.2, 0.25) is 0 Å². The molecule has 1 aliphatic heterocycles. The van der Waals surface area contributed by atoms with Crippen molar-refractivity contribution in [1.29, 1.82) is 0 Å². The van der Waals surface area contributed by atoms with E-state index < -0.39 is 39.6 Å². The summed E-state index contributed by atoms with van der Waals surface area (Å²) in [4.78, 5) is 11.6. The third-order valence-corrected chi connectivity index (χ3v) is 7.29. The smallest absolute Gasteiger partial charge is 0.411 e. The average Bonchev–Trinajstić information content (AvgIpc) is 3.16. The van der Waals surface area contributed by atoms with Crippen LogP contribution in [0.25, 0.3) is 0 Å². The molecule has 1 amide bonds. The Bertz CT molecular complexity index is 1210. The first kappa shape index (κ1) is 26.4. The number of ether oxygens (including phenoxy) is 2. The molecule has 1 aliphatic rings. The van der Waals surface area contributed by atoms with E-state index in [1.165, 1.54) is 16.9 Å². The van der Waals surface area contributed by atoms with Crippen LogP contribution in [0.4, 0.5) is 29.3 Å². The molecule has 0 N–H and O–H groups in total. The van der Waals surface area contributed by atoms with E-state index in [2.05, 4.69) is 5.10 Å². The lowest BCUT2D eigenvalue weighted by atomic mass is 10.0. The zero-order valence-corrected chi connectivity index (χ0v) is 20.6. The number of halogens is 3. The molecule has 0 fully saturated rings. The summed E-state index contributed by atoms with van der Waals surface area (Å²) in [6, 6.07) is 3.35. The number of carbonyl (C=O) groups is 1.